The molecule has 0 amide bonds. The third kappa shape index (κ3) is 3.26. The van der Waals surface area contributed by atoms with Gasteiger partial charge in [0.2, 0.25) is 0 Å². The third-order valence-corrected chi connectivity index (χ3v) is 3.07. The van der Waals surface area contributed by atoms with E-state index in [1.54, 1.807) is 12.1 Å². The first-order valence-corrected chi connectivity index (χ1v) is 6.41. The quantitative estimate of drug-likeness (QED) is 0.392. The first kappa shape index (κ1) is 13.4. The smallest absolute Gasteiger partial charge is 0.173 e. The Morgan fingerprint density at radius 3 is 2.53 bits per heavy atom. The van der Waals surface area contributed by atoms with E-state index in [0.29, 0.717) is 17.1 Å². The van der Waals surface area contributed by atoms with Gasteiger partial charge in [0, 0.05) is 4.47 Å². The lowest BCUT2D eigenvalue weighted by Gasteiger charge is -2.11. The van der Waals surface area contributed by atoms with Crippen molar-refractivity contribution in [3.8, 4) is 11.5 Å². The molecule has 0 radical (unpaired) electrons. The van der Waals surface area contributed by atoms with E-state index < -0.39 is 0 Å². The van der Waals surface area contributed by atoms with Crippen LogP contribution in [0.15, 0.2) is 52.1 Å². The fourth-order valence-electron chi connectivity index (χ4n) is 1.58. The topological polar surface area (TPSA) is 67.8 Å². The number of hydrogen-bond donors (Lipinski definition) is 2. The summed E-state index contributed by atoms with van der Waals surface area (Å²) in [5.41, 5.74) is 7.32. The predicted octanol–water partition coefficient (Wildman–Crippen LogP) is 3.64. The Bertz CT molecular complexity index is 609. The van der Waals surface area contributed by atoms with Crippen molar-refractivity contribution in [1.82, 2.24) is 0 Å². The Hall–Kier alpha value is -2.01. The van der Waals surface area contributed by atoms with Gasteiger partial charge in [0.15, 0.2) is 5.84 Å². The summed E-state index contributed by atoms with van der Waals surface area (Å²) in [6.45, 7) is 2.01. The number of halogens is 1. The standard InChI is InChI=1S/C14H13BrN2O2/c1-9-2-5-11(6-3-9)19-13-7-4-10(15)8-12(13)14(16)17-18/h2-8,18H,1H3,(H2,16,17). The molecule has 0 saturated carbocycles. The van der Waals surface area contributed by atoms with Crippen LogP contribution in [0.4, 0.5) is 0 Å². The van der Waals surface area contributed by atoms with Crippen LogP contribution in [0.2, 0.25) is 0 Å². The Kier molecular flexibility index (Phi) is 4.06. The number of hydrogen-bond acceptors (Lipinski definition) is 3. The van der Waals surface area contributed by atoms with Crippen LogP contribution < -0.4 is 10.5 Å². The van der Waals surface area contributed by atoms with Gasteiger partial charge in [-0.1, -0.05) is 38.8 Å². The highest BCUT2D eigenvalue weighted by atomic mass is 79.9. The number of amidine groups is 1. The van der Waals surface area contributed by atoms with Gasteiger partial charge < -0.3 is 15.7 Å². The molecule has 0 heterocycles. The summed E-state index contributed by atoms with van der Waals surface area (Å²) in [4.78, 5) is 0. The zero-order valence-electron chi connectivity index (χ0n) is 10.3. The van der Waals surface area contributed by atoms with Crippen LogP contribution in [-0.2, 0) is 0 Å². The van der Waals surface area contributed by atoms with Crippen LogP contribution in [0.25, 0.3) is 0 Å². The van der Waals surface area contributed by atoms with Crippen LogP contribution >= 0.6 is 15.9 Å². The van der Waals surface area contributed by atoms with E-state index >= 15 is 0 Å². The van der Waals surface area contributed by atoms with Crippen molar-refractivity contribution in [2.24, 2.45) is 10.9 Å². The van der Waals surface area contributed by atoms with E-state index in [4.69, 9.17) is 15.7 Å². The summed E-state index contributed by atoms with van der Waals surface area (Å²) in [5.74, 6) is 1.23. The second kappa shape index (κ2) is 5.75. The number of aryl methyl sites for hydroxylation is 1. The van der Waals surface area contributed by atoms with Crippen molar-refractivity contribution >= 4 is 21.8 Å². The molecule has 0 aliphatic carbocycles. The summed E-state index contributed by atoms with van der Waals surface area (Å²) in [6, 6.07) is 13.0. The van der Waals surface area contributed by atoms with Crippen molar-refractivity contribution < 1.29 is 9.94 Å². The number of nitrogens with zero attached hydrogens (tertiary/aromatic N) is 1. The lowest BCUT2D eigenvalue weighted by molar-refractivity contribution is 0.318. The molecular formula is C14H13BrN2O2. The van der Waals surface area contributed by atoms with E-state index in [1.807, 2.05) is 37.3 Å². The van der Waals surface area contributed by atoms with Gasteiger partial charge in [0.25, 0.3) is 0 Å². The summed E-state index contributed by atoms with van der Waals surface area (Å²) in [6.07, 6.45) is 0. The molecule has 3 N–H and O–H groups in total. The number of benzene rings is 2. The molecule has 4 nitrogen and oxygen atoms in total. The average Bonchev–Trinajstić information content (AvgIpc) is 2.42. The van der Waals surface area contributed by atoms with E-state index in [1.165, 1.54) is 0 Å². The van der Waals surface area contributed by atoms with Crippen molar-refractivity contribution in [2.45, 2.75) is 6.92 Å². The molecular weight excluding hydrogens is 308 g/mol. The average molecular weight is 321 g/mol. The molecule has 0 atom stereocenters. The molecule has 0 bridgehead atoms. The molecule has 2 rings (SSSR count). The van der Waals surface area contributed by atoms with E-state index in [0.717, 1.165) is 10.0 Å². The van der Waals surface area contributed by atoms with Crippen molar-refractivity contribution in [3.05, 3.63) is 58.1 Å². The maximum atomic E-state index is 8.80. The van der Waals surface area contributed by atoms with Crippen LogP contribution in [0.1, 0.15) is 11.1 Å². The highest BCUT2D eigenvalue weighted by Gasteiger charge is 2.10. The van der Waals surface area contributed by atoms with E-state index in [-0.39, 0.29) is 5.84 Å². The van der Waals surface area contributed by atoms with Gasteiger partial charge >= 0.3 is 0 Å². The van der Waals surface area contributed by atoms with E-state index in [9.17, 15) is 0 Å². The molecule has 0 saturated heterocycles. The van der Waals surface area contributed by atoms with Gasteiger partial charge in [-0.15, -0.1) is 0 Å². The number of rotatable bonds is 3. The number of nitrogens with two attached hydrogens (primary N) is 1. The second-order valence-corrected chi connectivity index (χ2v) is 4.96. The molecule has 0 spiro atoms. The fraction of sp³-hybridized carbons (Fsp3) is 0.0714. The summed E-state index contributed by atoms with van der Waals surface area (Å²) < 4.78 is 6.57. The second-order valence-electron chi connectivity index (χ2n) is 4.04. The summed E-state index contributed by atoms with van der Waals surface area (Å²) in [7, 11) is 0. The van der Waals surface area contributed by atoms with Crippen molar-refractivity contribution in [3.63, 3.8) is 0 Å². The van der Waals surface area contributed by atoms with E-state index in [2.05, 4.69) is 21.1 Å². The zero-order chi connectivity index (χ0) is 13.8. The molecule has 98 valence electrons. The minimum Gasteiger partial charge on any atom is -0.457 e. The Labute approximate surface area is 119 Å². The predicted molar refractivity (Wildman–Crippen MR) is 77.9 cm³/mol. The number of oxime groups is 1. The molecule has 2 aromatic rings. The molecule has 0 aliphatic rings. The minimum atomic E-state index is 0.00316. The third-order valence-electron chi connectivity index (χ3n) is 2.57. The molecule has 0 unspecified atom stereocenters. The number of ether oxygens (including phenoxy) is 1. The Morgan fingerprint density at radius 2 is 1.89 bits per heavy atom. The summed E-state index contributed by atoms with van der Waals surface area (Å²) >= 11 is 3.34. The normalized spacial score (nSPS) is 11.4. The molecule has 19 heavy (non-hydrogen) atoms. The highest BCUT2D eigenvalue weighted by molar-refractivity contribution is 9.10. The summed E-state index contributed by atoms with van der Waals surface area (Å²) in [5, 5.41) is 11.8. The maximum Gasteiger partial charge on any atom is 0.173 e. The van der Waals surface area contributed by atoms with Crippen molar-refractivity contribution in [1.29, 1.82) is 0 Å². The van der Waals surface area contributed by atoms with Gasteiger partial charge in [0.1, 0.15) is 11.5 Å². The van der Waals surface area contributed by atoms with Crippen molar-refractivity contribution in [2.75, 3.05) is 0 Å². The van der Waals surface area contributed by atoms with Gasteiger partial charge in [-0.2, -0.15) is 0 Å². The Morgan fingerprint density at radius 1 is 1.21 bits per heavy atom. The van der Waals surface area contributed by atoms with Crippen LogP contribution in [0.5, 0.6) is 11.5 Å². The SMILES string of the molecule is Cc1ccc(Oc2ccc(Br)cc2/C(N)=N/O)cc1. The lowest BCUT2D eigenvalue weighted by Crippen LogP contribution is -2.14. The molecule has 0 aromatic heterocycles. The van der Waals surface area contributed by atoms with Gasteiger partial charge in [-0.25, -0.2) is 0 Å². The largest absolute Gasteiger partial charge is 0.457 e. The first-order chi connectivity index (χ1) is 9.10. The molecule has 2 aromatic carbocycles. The zero-order valence-corrected chi connectivity index (χ0v) is 11.9. The molecule has 5 heteroatoms. The van der Waals surface area contributed by atoms with Crippen LogP contribution in [-0.4, -0.2) is 11.0 Å². The highest BCUT2D eigenvalue weighted by Crippen LogP contribution is 2.28. The van der Waals surface area contributed by atoms with Gasteiger partial charge in [-0.05, 0) is 37.3 Å². The molecule has 0 fully saturated rings. The Balaban J connectivity index is 2.37. The van der Waals surface area contributed by atoms with Gasteiger partial charge in [-0.3, -0.25) is 0 Å². The molecule has 0 aliphatic heterocycles. The maximum absolute atomic E-state index is 8.80. The van der Waals surface area contributed by atoms with Crippen LogP contribution in [0.3, 0.4) is 0 Å². The first-order valence-electron chi connectivity index (χ1n) is 5.62. The van der Waals surface area contributed by atoms with Gasteiger partial charge in [0.05, 0.1) is 5.56 Å². The minimum absolute atomic E-state index is 0.00316. The monoisotopic (exact) mass is 320 g/mol. The fourth-order valence-corrected chi connectivity index (χ4v) is 1.94. The van der Waals surface area contributed by atoms with Crippen LogP contribution in [0, 0.1) is 6.92 Å². The lowest BCUT2D eigenvalue weighted by atomic mass is 10.2.